The van der Waals surface area contributed by atoms with Crippen LogP contribution in [0, 0.1) is 0 Å². The molecule has 2 heterocycles. The molecule has 2 aromatic rings. The van der Waals surface area contributed by atoms with Crippen LogP contribution in [0.25, 0.3) is 0 Å². The molecule has 1 aromatic carbocycles. The lowest BCUT2D eigenvalue weighted by Crippen LogP contribution is -2.34. The van der Waals surface area contributed by atoms with E-state index in [9.17, 15) is 19.1 Å². The number of aromatic nitrogens is 2. The van der Waals surface area contributed by atoms with Gasteiger partial charge in [0.1, 0.15) is 18.0 Å². The molecule has 4 atom stereocenters. The van der Waals surface area contributed by atoms with Crippen molar-refractivity contribution in [1.82, 2.24) is 9.55 Å². The zero-order valence-corrected chi connectivity index (χ0v) is 12.9. The monoisotopic (exact) mass is 349 g/mol. The van der Waals surface area contributed by atoms with E-state index in [1.807, 2.05) is 0 Å². The van der Waals surface area contributed by atoms with E-state index >= 15 is 0 Å². The van der Waals surface area contributed by atoms with Crippen molar-refractivity contribution in [2.24, 2.45) is 0 Å². The van der Waals surface area contributed by atoms with Crippen molar-refractivity contribution >= 4 is 11.7 Å². The Morgan fingerprint density at radius 2 is 2.04 bits per heavy atom. The van der Waals surface area contributed by atoms with E-state index < -0.39 is 42.8 Å². The second-order valence-corrected chi connectivity index (χ2v) is 5.51. The number of amides is 1. The van der Waals surface area contributed by atoms with Gasteiger partial charge in [-0.05, 0) is 18.2 Å². The first kappa shape index (κ1) is 17.2. The molecule has 1 fully saturated rings. The van der Waals surface area contributed by atoms with E-state index in [2.05, 4.69) is 10.3 Å². The fourth-order valence-corrected chi connectivity index (χ4v) is 2.54. The van der Waals surface area contributed by atoms with Crippen LogP contribution in [0.4, 0.5) is 10.2 Å². The van der Waals surface area contributed by atoms with E-state index in [0.717, 1.165) is 4.57 Å². The van der Waals surface area contributed by atoms with Crippen LogP contribution in [0.3, 0.4) is 0 Å². The van der Waals surface area contributed by atoms with Gasteiger partial charge in [-0.2, -0.15) is 4.98 Å². The second-order valence-electron chi connectivity index (χ2n) is 5.51. The van der Waals surface area contributed by atoms with Gasteiger partial charge in [0, 0.05) is 11.8 Å². The highest BCUT2D eigenvalue weighted by molar-refractivity contribution is 6.03. The molecule has 1 aliphatic rings. The fourth-order valence-electron chi connectivity index (χ4n) is 2.54. The van der Waals surface area contributed by atoms with E-state index in [-0.39, 0.29) is 5.82 Å². The third kappa shape index (κ3) is 3.43. The number of rotatable bonds is 4. The summed E-state index contributed by atoms with van der Waals surface area (Å²) < 4.78 is 19.8. The highest BCUT2D eigenvalue weighted by Crippen LogP contribution is 2.30. The minimum absolute atomic E-state index is 0.0121. The van der Waals surface area contributed by atoms with Crippen LogP contribution in [0.1, 0.15) is 16.6 Å². The van der Waals surface area contributed by atoms with Gasteiger partial charge in [0.05, 0.1) is 6.61 Å². The van der Waals surface area contributed by atoms with Gasteiger partial charge in [-0.3, -0.25) is 9.36 Å². The molecule has 3 N–H and O–H groups in total. The van der Waals surface area contributed by atoms with Crippen LogP contribution >= 0.6 is 0 Å². The van der Waals surface area contributed by atoms with Crippen molar-refractivity contribution in [3.8, 4) is 0 Å². The molecule has 0 radical (unpaired) electrons. The number of aliphatic hydroxyl groups is 2. The van der Waals surface area contributed by atoms with Gasteiger partial charge < -0.3 is 20.3 Å². The molecule has 1 saturated heterocycles. The molecule has 1 amide bonds. The van der Waals surface area contributed by atoms with Crippen molar-refractivity contribution < 1.29 is 24.1 Å². The highest BCUT2D eigenvalue weighted by Gasteiger charge is 2.45. The smallest absolute Gasteiger partial charge is 0.351 e. The molecule has 9 heteroatoms. The summed E-state index contributed by atoms with van der Waals surface area (Å²) >= 11 is 0. The molecule has 3 rings (SSSR count). The number of alkyl halides is 1. The number of anilines is 1. The average molecular weight is 349 g/mol. The molecule has 0 aliphatic carbocycles. The van der Waals surface area contributed by atoms with E-state index in [0.29, 0.717) is 5.56 Å². The Bertz CT molecular complexity index is 813. The first-order valence-corrected chi connectivity index (χ1v) is 7.55. The molecule has 8 nitrogen and oxygen atoms in total. The fraction of sp³-hybridized carbons (Fsp3) is 0.312. The van der Waals surface area contributed by atoms with Crippen LogP contribution < -0.4 is 11.0 Å². The van der Waals surface area contributed by atoms with Gasteiger partial charge in [-0.15, -0.1) is 0 Å². The molecule has 0 bridgehead atoms. The van der Waals surface area contributed by atoms with Crippen molar-refractivity contribution in [1.29, 1.82) is 0 Å². The van der Waals surface area contributed by atoms with Crippen LogP contribution in [-0.4, -0.2) is 50.7 Å². The molecular weight excluding hydrogens is 333 g/mol. The summed E-state index contributed by atoms with van der Waals surface area (Å²) in [5.41, 5.74) is -0.435. The number of halogens is 1. The summed E-state index contributed by atoms with van der Waals surface area (Å²) in [5, 5.41) is 21.3. The number of nitrogens with zero attached hydrogens (tertiary/aromatic N) is 2. The molecule has 1 unspecified atom stereocenters. The van der Waals surface area contributed by atoms with Gasteiger partial charge in [0.15, 0.2) is 12.4 Å². The van der Waals surface area contributed by atoms with Gasteiger partial charge in [0.25, 0.3) is 5.91 Å². The van der Waals surface area contributed by atoms with Crippen LogP contribution in [0.5, 0.6) is 0 Å². The predicted octanol–water partition coefficient (Wildman–Crippen LogP) is 0.0843. The Hall–Kier alpha value is -2.62. The molecule has 0 saturated carbocycles. The summed E-state index contributed by atoms with van der Waals surface area (Å²) in [4.78, 5) is 27.9. The molecule has 0 spiro atoms. The number of carbonyl (C=O) groups is 1. The lowest BCUT2D eigenvalue weighted by atomic mass is 10.1. The minimum atomic E-state index is -1.82. The number of benzene rings is 1. The topological polar surface area (TPSA) is 114 Å². The SMILES string of the molecule is O=C(Nc1ccn([C@@H]2O[C@H](CO)C(F)[C@@H]2O)c(=O)n1)c1ccccc1. The number of nitrogens with one attached hydrogen (secondary N) is 1. The van der Waals surface area contributed by atoms with Crippen LogP contribution in [0.2, 0.25) is 0 Å². The largest absolute Gasteiger partial charge is 0.394 e. The number of aliphatic hydroxyl groups excluding tert-OH is 2. The summed E-state index contributed by atoms with van der Waals surface area (Å²) in [5.74, 6) is -0.426. The second kappa shape index (κ2) is 7.09. The Morgan fingerprint density at radius 1 is 1.32 bits per heavy atom. The number of hydrogen-bond donors (Lipinski definition) is 3. The van der Waals surface area contributed by atoms with Gasteiger partial charge in [-0.25, -0.2) is 9.18 Å². The minimum Gasteiger partial charge on any atom is -0.394 e. The van der Waals surface area contributed by atoms with Gasteiger partial charge in [0.2, 0.25) is 0 Å². The third-order valence-electron chi connectivity index (χ3n) is 3.85. The Kier molecular flexibility index (Phi) is 4.88. The third-order valence-corrected chi connectivity index (χ3v) is 3.85. The van der Waals surface area contributed by atoms with Crippen molar-refractivity contribution in [3.05, 3.63) is 58.6 Å². The molecule has 1 aromatic heterocycles. The Morgan fingerprint density at radius 3 is 2.64 bits per heavy atom. The molecular formula is C16H16FN3O5. The first-order chi connectivity index (χ1) is 12.0. The lowest BCUT2D eigenvalue weighted by molar-refractivity contribution is -0.0536. The zero-order valence-electron chi connectivity index (χ0n) is 12.9. The maximum atomic E-state index is 13.8. The van der Waals surface area contributed by atoms with E-state index in [4.69, 9.17) is 9.84 Å². The quantitative estimate of drug-likeness (QED) is 0.721. The van der Waals surface area contributed by atoms with Crippen LogP contribution in [-0.2, 0) is 4.74 Å². The zero-order chi connectivity index (χ0) is 18.0. The standard InChI is InChI=1S/C16H16FN3O5/c17-12-10(8-21)25-15(13(12)22)20-7-6-11(19-16(20)24)18-14(23)9-4-2-1-3-5-9/h1-7,10,12-13,15,21-22H,8H2,(H,18,19,23,24)/t10-,12?,13+,15-/m1/s1. The van der Waals surface area contributed by atoms with Gasteiger partial charge >= 0.3 is 5.69 Å². The number of ether oxygens (including phenoxy) is 1. The highest BCUT2D eigenvalue weighted by atomic mass is 19.1. The molecule has 25 heavy (non-hydrogen) atoms. The first-order valence-electron chi connectivity index (χ1n) is 7.55. The van der Waals surface area contributed by atoms with Crippen molar-refractivity contribution in [3.63, 3.8) is 0 Å². The summed E-state index contributed by atoms with van der Waals surface area (Å²) in [6, 6.07) is 9.71. The average Bonchev–Trinajstić information content (AvgIpc) is 2.91. The van der Waals surface area contributed by atoms with E-state index in [1.165, 1.54) is 12.3 Å². The predicted molar refractivity (Wildman–Crippen MR) is 84.8 cm³/mol. The summed E-state index contributed by atoms with van der Waals surface area (Å²) in [7, 11) is 0. The maximum absolute atomic E-state index is 13.8. The Labute approximate surface area is 141 Å². The number of hydrogen-bond acceptors (Lipinski definition) is 6. The van der Waals surface area contributed by atoms with Crippen molar-refractivity contribution in [2.75, 3.05) is 11.9 Å². The lowest BCUT2D eigenvalue weighted by Gasteiger charge is -2.17. The van der Waals surface area contributed by atoms with Crippen LogP contribution in [0.15, 0.2) is 47.4 Å². The number of carbonyl (C=O) groups excluding carboxylic acids is 1. The summed E-state index contributed by atoms with van der Waals surface area (Å²) in [6.45, 7) is -0.623. The molecule has 132 valence electrons. The normalized spacial score (nSPS) is 25.7. The summed E-state index contributed by atoms with van der Waals surface area (Å²) in [6.07, 6.45) is -4.72. The maximum Gasteiger partial charge on any atom is 0.351 e. The molecule has 1 aliphatic heterocycles. The van der Waals surface area contributed by atoms with Gasteiger partial charge in [-0.1, -0.05) is 18.2 Å². The van der Waals surface area contributed by atoms with Crippen molar-refractivity contribution in [2.45, 2.75) is 24.6 Å². The Balaban J connectivity index is 1.78. The van der Waals surface area contributed by atoms with E-state index in [1.54, 1.807) is 30.3 Å².